The van der Waals surface area contributed by atoms with Crippen LogP contribution in [0.15, 0.2) is 4.99 Å². The maximum absolute atomic E-state index is 10.8. The number of rotatable bonds is 2. The molecule has 0 spiro atoms. The first kappa shape index (κ1) is 8.33. The molecule has 1 atom stereocenters. The van der Waals surface area contributed by atoms with E-state index in [1.165, 1.54) is 7.11 Å². The second kappa shape index (κ2) is 3.57. The Hall–Kier alpha value is -0.770. The fourth-order valence-electron chi connectivity index (χ4n) is 0.753. The standard InChI is InChI=1S/C6H8ClNO3/c1-10-6(9)4-3-11-5(2-7)8-4/h4H,2-3H2,1H3/t4-/m1/s1. The molecule has 0 radical (unpaired) electrons. The van der Waals surface area contributed by atoms with E-state index in [-0.39, 0.29) is 18.5 Å². The van der Waals surface area contributed by atoms with Gasteiger partial charge in [0.05, 0.1) is 13.0 Å². The highest BCUT2D eigenvalue weighted by atomic mass is 35.5. The molecular formula is C6H8ClNO3. The first-order chi connectivity index (χ1) is 5.27. The van der Waals surface area contributed by atoms with Crippen LogP contribution in [0.5, 0.6) is 0 Å². The van der Waals surface area contributed by atoms with E-state index >= 15 is 0 Å². The van der Waals surface area contributed by atoms with Crippen LogP contribution in [-0.2, 0) is 14.3 Å². The molecule has 0 N–H and O–H groups in total. The summed E-state index contributed by atoms with van der Waals surface area (Å²) in [5.41, 5.74) is 0. The Kier molecular flexibility index (Phi) is 2.70. The van der Waals surface area contributed by atoms with Gasteiger partial charge in [0, 0.05) is 0 Å². The molecule has 1 heterocycles. The number of aliphatic imine (C=N–C) groups is 1. The summed E-state index contributed by atoms with van der Waals surface area (Å²) in [6.07, 6.45) is 0. The molecule has 0 aromatic carbocycles. The largest absolute Gasteiger partial charge is 0.477 e. The number of nitrogens with zero attached hydrogens (tertiary/aromatic N) is 1. The van der Waals surface area contributed by atoms with Crippen LogP contribution in [0.1, 0.15) is 0 Å². The maximum atomic E-state index is 10.8. The van der Waals surface area contributed by atoms with Gasteiger partial charge in [-0.2, -0.15) is 0 Å². The Morgan fingerprint density at radius 3 is 3.18 bits per heavy atom. The van der Waals surface area contributed by atoms with Crippen molar-refractivity contribution in [2.24, 2.45) is 4.99 Å². The van der Waals surface area contributed by atoms with Gasteiger partial charge in [0.25, 0.3) is 0 Å². The molecule has 0 amide bonds. The van der Waals surface area contributed by atoms with Crippen molar-refractivity contribution in [2.75, 3.05) is 19.6 Å². The van der Waals surface area contributed by atoms with Crippen LogP contribution >= 0.6 is 11.6 Å². The Morgan fingerprint density at radius 1 is 2.00 bits per heavy atom. The number of halogens is 1. The molecule has 1 aliphatic rings. The predicted molar refractivity (Wildman–Crippen MR) is 39.9 cm³/mol. The monoisotopic (exact) mass is 177 g/mol. The van der Waals surface area contributed by atoms with E-state index in [2.05, 4.69) is 9.73 Å². The third-order valence-electron chi connectivity index (χ3n) is 1.30. The van der Waals surface area contributed by atoms with Gasteiger partial charge in [-0.25, -0.2) is 9.79 Å². The van der Waals surface area contributed by atoms with Crippen molar-refractivity contribution in [1.29, 1.82) is 0 Å². The Bertz CT molecular complexity index is 192. The number of ether oxygens (including phenoxy) is 2. The molecule has 0 aromatic rings. The summed E-state index contributed by atoms with van der Waals surface area (Å²) < 4.78 is 9.41. The zero-order valence-corrected chi connectivity index (χ0v) is 6.80. The second-order valence-corrected chi connectivity index (χ2v) is 2.27. The number of methoxy groups -OCH3 is 1. The molecule has 0 aromatic heterocycles. The summed E-state index contributed by atoms with van der Waals surface area (Å²) in [5.74, 6) is 0.222. The van der Waals surface area contributed by atoms with E-state index in [0.717, 1.165) is 0 Å². The van der Waals surface area contributed by atoms with E-state index < -0.39 is 6.04 Å². The van der Waals surface area contributed by atoms with Crippen LogP contribution in [-0.4, -0.2) is 37.5 Å². The highest BCUT2D eigenvalue weighted by molar-refractivity contribution is 6.27. The lowest BCUT2D eigenvalue weighted by molar-refractivity contribution is -0.142. The van der Waals surface area contributed by atoms with Gasteiger partial charge in [0.2, 0.25) is 0 Å². The van der Waals surface area contributed by atoms with E-state index in [9.17, 15) is 4.79 Å². The minimum atomic E-state index is -0.520. The van der Waals surface area contributed by atoms with Crippen molar-refractivity contribution >= 4 is 23.5 Å². The minimum absolute atomic E-state index is 0.202. The number of hydrogen-bond acceptors (Lipinski definition) is 4. The summed E-state index contributed by atoms with van der Waals surface area (Å²) >= 11 is 5.41. The SMILES string of the molecule is COC(=O)[C@H]1COC(CCl)=N1. The Balaban J connectivity index is 2.52. The van der Waals surface area contributed by atoms with Crippen molar-refractivity contribution in [3.05, 3.63) is 0 Å². The minimum Gasteiger partial charge on any atom is -0.477 e. The van der Waals surface area contributed by atoms with Crippen molar-refractivity contribution < 1.29 is 14.3 Å². The summed E-state index contributed by atoms with van der Waals surface area (Å²) in [7, 11) is 1.32. The van der Waals surface area contributed by atoms with Gasteiger partial charge in [-0.15, -0.1) is 11.6 Å². The van der Waals surface area contributed by atoms with Crippen molar-refractivity contribution in [3.8, 4) is 0 Å². The van der Waals surface area contributed by atoms with Crippen LogP contribution in [0.3, 0.4) is 0 Å². The zero-order chi connectivity index (χ0) is 8.27. The topological polar surface area (TPSA) is 47.9 Å². The number of carbonyl (C=O) groups excluding carboxylic acids is 1. The molecule has 4 nitrogen and oxygen atoms in total. The summed E-state index contributed by atoms with van der Waals surface area (Å²) in [6, 6.07) is -0.520. The first-order valence-corrected chi connectivity index (χ1v) is 3.64. The van der Waals surface area contributed by atoms with Gasteiger partial charge in [0.1, 0.15) is 6.61 Å². The molecule has 0 saturated carbocycles. The summed E-state index contributed by atoms with van der Waals surface area (Å²) in [4.78, 5) is 14.7. The lowest BCUT2D eigenvalue weighted by Crippen LogP contribution is -2.21. The normalized spacial score (nSPS) is 22.4. The molecule has 1 rings (SSSR count). The van der Waals surface area contributed by atoms with Crippen molar-refractivity contribution in [1.82, 2.24) is 0 Å². The number of esters is 1. The number of carbonyl (C=O) groups is 1. The Morgan fingerprint density at radius 2 is 2.73 bits per heavy atom. The van der Waals surface area contributed by atoms with Gasteiger partial charge < -0.3 is 9.47 Å². The smallest absolute Gasteiger partial charge is 0.334 e. The quantitative estimate of drug-likeness (QED) is 0.447. The molecule has 0 fully saturated rings. The molecule has 0 unspecified atom stereocenters. The van der Waals surface area contributed by atoms with E-state index in [1.807, 2.05) is 0 Å². The first-order valence-electron chi connectivity index (χ1n) is 3.11. The van der Waals surface area contributed by atoms with Crippen LogP contribution < -0.4 is 0 Å². The van der Waals surface area contributed by atoms with Crippen LogP contribution in [0.25, 0.3) is 0 Å². The van der Waals surface area contributed by atoms with Gasteiger partial charge in [-0.3, -0.25) is 0 Å². The maximum Gasteiger partial charge on any atom is 0.334 e. The average molecular weight is 178 g/mol. The molecular weight excluding hydrogens is 170 g/mol. The average Bonchev–Trinajstić information content (AvgIpc) is 2.50. The predicted octanol–water partition coefficient (Wildman–Crippen LogP) is 0.195. The molecule has 0 saturated heterocycles. The molecule has 0 aliphatic carbocycles. The van der Waals surface area contributed by atoms with Crippen LogP contribution in [0.4, 0.5) is 0 Å². The highest BCUT2D eigenvalue weighted by Gasteiger charge is 2.25. The van der Waals surface area contributed by atoms with Gasteiger partial charge in [0.15, 0.2) is 11.9 Å². The summed E-state index contributed by atoms with van der Waals surface area (Å²) in [6.45, 7) is 0.245. The van der Waals surface area contributed by atoms with E-state index in [0.29, 0.717) is 5.90 Å². The number of hydrogen-bond donors (Lipinski definition) is 0. The third-order valence-corrected chi connectivity index (χ3v) is 1.52. The van der Waals surface area contributed by atoms with Crippen LogP contribution in [0, 0.1) is 0 Å². The third kappa shape index (κ3) is 1.83. The van der Waals surface area contributed by atoms with Crippen molar-refractivity contribution in [2.45, 2.75) is 6.04 Å². The fourth-order valence-corrected chi connectivity index (χ4v) is 0.899. The highest BCUT2D eigenvalue weighted by Crippen LogP contribution is 2.06. The van der Waals surface area contributed by atoms with E-state index in [1.54, 1.807) is 0 Å². The zero-order valence-electron chi connectivity index (χ0n) is 6.04. The molecule has 1 aliphatic heterocycles. The second-order valence-electron chi connectivity index (χ2n) is 2.01. The van der Waals surface area contributed by atoms with Crippen molar-refractivity contribution in [3.63, 3.8) is 0 Å². The van der Waals surface area contributed by atoms with Gasteiger partial charge >= 0.3 is 5.97 Å². The Labute approximate surface area is 69.1 Å². The fraction of sp³-hybridized carbons (Fsp3) is 0.667. The number of alkyl halides is 1. The molecule has 5 heteroatoms. The van der Waals surface area contributed by atoms with Crippen LogP contribution in [0.2, 0.25) is 0 Å². The molecule has 62 valence electrons. The lowest BCUT2D eigenvalue weighted by Gasteiger charge is -1.99. The molecule has 11 heavy (non-hydrogen) atoms. The van der Waals surface area contributed by atoms with Gasteiger partial charge in [-0.05, 0) is 0 Å². The summed E-state index contributed by atoms with van der Waals surface area (Å²) in [5, 5.41) is 0. The lowest BCUT2D eigenvalue weighted by atomic mass is 10.3. The van der Waals surface area contributed by atoms with E-state index in [4.69, 9.17) is 16.3 Å². The molecule has 0 bridgehead atoms. The van der Waals surface area contributed by atoms with Gasteiger partial charge in [-0.1, -0.05) is 0 Å².